The maximum Gasteiger partial charge on any atom is 0.290 e. The van der Waals surface area contributed by atoms with Crippen LogP contribution in [0.1, 0.15) is 28.9 Å². The fraction of sp³-hybridized carbons (Fsp3) is 0.667. The average molecular weight is 348 g/mol. The standard InChI is InChI=1S/C17H26N4O.CH2O2/c1-13-15(2-5-18-13)17(22)21-10-8-20(9-11-21)16-12-19-6-3-14(16)4-7-19;2-1-3/h2,5,14,16,18H,3-4,6-12H2,1H3;1H,(H,2,3). The van der Waals surface area contributed by atoms with Gasteiger partial charge in [-0.2, -0.15) is 0 Å². The van der Waals surface area contributed by atoms with Crippen LogP contribution in [0.5, 0.6) is 0 Å². The van der Waals surface area contributed by atoms with Gasteiger partial charge in [-0.05, 0) is 44.8 Å². The van der Waals surface area contributed by atoms with Crippen molar-refractivity contribution in [3.8, 4) is 0 Å². The van der Waals surface area contributed by atoms with Crippen LogP contribution >= 0.6 is 0 Å². The molecule has 5 heterocycles. The van der Waals surface area contributed by atoms with Crippen molar-refractivity contribution in [3.05, 3.63) is 23.5 Å². The second-order valence-corrected chi connectivity index (χ2v) is 7.16. The first-order valence-electron chi connectivity index (χ1n) is 9.11. The second kappa shape index (κ2) is 8.01. The molecule has 1 amide bonds. The molecular formula is C18H28N4O3. The number of nitrogens with one attached hydrogen (secondary N) is 1. The van der Waals surface area contributed by atoms with Crippen molar-refractivity contribution >= 4 is 12.4 Å². The third kappa shape index (κ3) is 3.88. The van der Waals surface area contributed by atoms with E-state index in [-0.39, 0.29) is 12.4 Å². The van der Waals surface area contributed by atoms with Crippen LogP contribution < -0.4 is 0 Å². The SMILES string of the molecule is Cc1[nH]ccc1C(=O)N1CCN(C2CN3CCC2CC3)CC1.O=CO. The fourth-order valence-corrected chi connectivity index (χ4v) is 4.46. The molecule has 25 heavy (non-hydrogen) atoms. The molecule has 7 heteroatoms. The van der Waals surface area contributed by atoms with Gasteiger partial charge in [0.25, 0.3) is 12.4 Å². The first kappa shape index (κ1) is 17.9. The topological polar surface area (TPSA) is 79.9 Å². The van der Waals surface area contributed by atoms with Crippen molar-refractivity contribution in [1.29, 1.82) is 0 Å². The number of carbonyl (C=O) groups excluding carboxylic acids is 1. The van der Waals surface area contributed by atoms with E-state index in [0.29, 0.717) is 0 Å². The van der Waals surface area contributed by atoms with Gasteiger partial charge in [0.05, 0.1) is 5.56 Å². The molecule has 1 aromatic heterocycles. The second-order valence-electron chi connectivity index (χ2n) is 7.16. The summed E-state index contributed by atoms with van der Waals surface area (Å²) in [6.07, 6.45) is 4.59. The zero-order valence-corrected chi connectivity index (χ0v) is 14.9. The molecule has 0 aromatic carbocycles. The fourth-order valence-electron chi connectivity index (χ4n) is 4.46. The smallest absolute Gasteiger partial charge is 0.290 e. The minimum Gasteiger partial charge on any atom is -0.483 e. The van der Waals surface area contributed by atoms with Gasteiger partial charge in [0.2, 0.25) is 0 Å². The van der Waals surface area contributed by atoms with Gasteiger partial charge in [-0.15, -0.1) is 0 Å². The van der Waals surface area contributed by atoms with Gasteiger partial charge < -0.3 is 19.9 Å². The van der Waals surface area contributed by atoms with Gasteiger partial charge in [0.1, 0.15) is 0 Å². The third-order valence-electron chi connectivity index (χ3n) is 5.88. The van der Waals surface area contributed by atoms with Crippen molar-refractivity contribution in [2.75, 3.05) is 45.8 Å². The molecule has 2 bridgehead atoms. The maximum atomic E-state index is 12.6. The molecule has 1 unspecified atom stereocenters. The minimum absolute atomic E-state index is 0.187. The lowest BCUT2D eigenvalue weighted by Crippen LogP contribution is -2.61. The first-order chi connectivity index (χ1) is 12.1. The Morgan fingerprint density at radius 2 is 1.84 bits per heavy atom. The Bertz CT molecular complexity index is 587. The molecule has 1 atom stereocenters. The van der Waals surface area contributed by atoms with E-state index in [4.69, 9.17) is 9.90 Å². The van der Waals surface area contributed by atoms with Crippen LogP contribution in [0.25, 0.3) is 0 Å². The summed E-state index contributed by atoms with van der Waals surface area (Å²) >= 11 is 0. The summed E-state index contributed by atoms with van der Waals surface area (Å²) in [5.41, 5.74) is 1.81. The number of H-pyrrole nitrogens is 1. The molecule has 1 aromatic rings. The highest BCUT2D eigenvalue weighted by atomic mass is 16.3. The van der Waals surface area contributed by atoms with E-state index < -0.39 is 0 Å². The molecule has 5 rings (SSSR count). The van der Waals surface area contributed by atoms with E-state index in [0.717, 1.165) is 49.4 Å². The molecular weight excluding hydrogens is 320 g/mol. The van der Waals surface area contributed by atoms with Gasteiger partial charge in [-0.1, -0.05) is 0 Å². The van der Waals surface area contributed by atoms with E-state index in [1.807, 2.05) is 24.1 Å². The summed E-state index contributed by atoms with van der Waals surface area (Å²) in [4.78, 5) is 31.3. The van der Waals surface area contributed by atoms with Gasteiger partial charge in [-0.25, -0.2) is 0 Å². The Morgan fingerprint density at radius 3 is 2.32 bits per heavy atom. The Hall–Kier alpha value is -1.86. The quantitative estimate of drug-likeness (QED) is 0.776. The largest absolute Gasteiger partial charge is 0.483 e. The number of rotatable bonds is 2. The molecule has 138 valence electrons. The number of piperidine rings is 3. The van der Waals surface area contributed by atoms with Crippen LogP contribution in [-0.4, -0.2) is 89.0 Å². The number of nitrogens with zero attached hydrogens (tertiary/aromatic N) is 3. The van der Waals surface area contributed by atoms with Gasteiger partial charge in [0.15, 0.2) is 0 Å². The molecule has 4 fully saturated rings. The maximum absolute atomic E-state index is 12.6. The number of carboxylic acid groups (broad SMARTS) is 1. The number of piperazine rings is 1. The van der Waals surface area contributed by atoms with Crippen LogP contribution in [0, 0.1) is 12.8 Å². The van der Waals surface area contributed by atoms with E-state index >= 15 is 0 Å². The molecule has 0 radical (unpaired) electrons. The van der Waals surface area contributed by atoms with E-state index in [1.165, 1.54) is 32.5 Å². The van der Waals surface area contributed by atoms with Crippen LogP contribution in [0.3, 0.4) is 0 Å². The van der Waals surface area contributed by atoms with E-state index in [1.54, 1.807) is 0 Å². The van der Waals surface area contributed by atoms with Crippen molar-refractivity contribution in [3.63, 3.8) is 0 Å². The first-order valence-corrected chi connectivity index (χ1v) is 9.11. The highest BCUT2D eigenvalue weighted by Crippen LogP contribution is 2.31. The van der Waals surface area contributed by atoms with Gasteiger partial charge >= 0.3 is 0 Å². The van der Waals surface area contributed by atoms with Crippen LogP contribution in [0.4, 0.5) is 0 Å². The molecule has 0 saturated carbocycles. The number of aromatic amines is 1. The summed E-state index contributed by atoms with van der Waals surface area (Å²) in [7, 11) is 0. The van der Waals surface area contributed by atoms with Crippen molar-refractivity contribution in [2.24, 2.45) is 5.92 Å². The number of aromatic nitrogens is 1. The summed E-state index contributed by atoms with van der Waals surface area (Å²) in [6.45, 7) is 9.36. The Labute approximate surface area is 148 Å². The predicted octanol–water partition coefficient (Wildman–Crippen LogP) is 0.876. The minimum atomic E-state index is -0.250. The zero-order valence-electron chi connectivity index (χ0n) is 14.9. The summed E-state index contributed by atoms with van der Waals surface area (Å²) in [5, 5.41) is 6.89. The summed E-state index contributed by atoms with van der Waals surface area (Å²) < 4.78 is 0. The molecule has 4 aliphatic rings. The normalized spacial score (nSPS) is 29.0. The molecule has 4 saturated heterocycles. The van der Waals surface area contributed by atoms with Crippen molar-refractivity contribution in [2.45, 2.75) is 25.8 Å². The number of carbonyl (C=O) groups is 2. The van der Waals surface area contributed by atoms with Gasteiger partial charge in [0, 0.05) is 50.7 Å². The number of amides is 1. The Morgan fingerprint density at radius 1 is 1.20 bits per heavy atom. The summed E-state index contributed by atoms with van der Waals surface area (Å²) in [5.74, 6) is 1.08. The summed E-state index contributed by atoms with van der Waals surface area (Å²) in [6, 6.07) is 2.63. The lowest BCUT2D eigenvalue weighted by molar-refractivity contribution is -0.122. The lowest BCUT2D eigenvalue weighted by atomic mass is 9.83. The highest BCUT2D eigenvalue weighted by Gasteiger charge is 2.38. The van der Waals surface area contributed by atoms with Crippen molar-refractivity contribution in [1.82, 2.24) is 19.7 Å². The van der Waals surface area contributed by atoms with Crippen LogP contribution in [-0.2, 0) is 4.79 Å². The molecule has 0 spiro atoms. The Kier molecular flexibility index (Phi) is 5.75. The third-order valence-corrected chi connectivity index (χ3v) is 5.88. The van der Waals surface area contributed by atoms with Crippen molar-refractivity contribution < 1.29 is 14.7 Å². The van der Waals surface area contributed by atoms with Gasteiger partial charge in [-0.3, -0.25) is 14.5 Å². The number of fused-ring (bicyclic) bond motifs is 3. The number of aryl methyl sites for hydroxylation is 1. The molecule has 0 aliphatic carbocycles. The van der Waals surface area contributed by atoms with E-state index in [2.05, 4.69) is 14.8 Å². The monoisotopic (exact) mass is 348 g/mol. The highest BCUT2D eigenvalue weighted by molar-refractivity contribution is 5.95. The van der Waals surface area contributed by atoms with Crippen LogP contribution in [0.15, 0.2) is 12.3 Å². The molecule has 4 aliphatic heterocycles. The van der Waals surface area contributed by atoms with Crippen LogP contribution in [0.2, 0.25) is 0 Å². The molecule has 2 N–H and O–H groups in total. The number of hydrogen-bond acceptors (Lipinski definition) is 4. The van der Waals surface area contributed by atoms with E-state index in [9.17, 15) is 4.79 Å². The molecule has 7 nitrogen and oxygen atoms in total. The predicted molar refractivity (Wildman–Crippen MR) is 94.7 cm³/mol. The number of hydrogen-bond donors (Lipinski definition) is 2. The lowest BCUT2D eigenvalue weighted by Gasteiger charge is -2.51. The Balaban J connectivity index is 0.000000569. The zero-order chi connectivity index (χ0) is 17.8. The average Bonchev–Trinajstić information content (AvgIpc) is 3.09.